The number of nitro groups is 1. The predicted molar refractivity (Wildman–Crippen MR) is 79.2 cm³/mol. The van der Waals surface area contributed by atoms with Gasteiger partial charge in [-0.1, -0.05) is 18.2 Å². The third kappa shape index (κ3) is 4.55. The summed E-state index contributed by atoms with van der Waals surface area (Å²) in [5.41, 5.74) is -1.54. The van der Waals surface area contributed by atoms with Gasteiger partial charge in [0, 0.05) is 24.5 Å². The minimum atomic E-state index is -4.86. The zero-order valence-corrected chi connectivity index (χ0v) is 12.2. The minimum absolute atomic E-state index is 0.0313. The third-order valence-electron chi connectivity index (χ3n) is 3.16. The van der Waals surface area contributed by atoms with Gasteiger partial charge in [-0.15, -0.1) is 0 Å². The number of ketones is 1. The lowest BCUT2D eigenvalue weighted by Gasteiger charge is -2.09. The molecule has 1 aromatic heterocycles. The number of halogens is 3. The summed E-state index contributed by atoms with van der Waals surface area (Å²) in [7, 11) is 0. The van der Waals surface area contributed by atoms with Crippen LogP contribution >= 0.6 is 0 Å². The van der Waals surface area contributed by atoms with Crippen LogP contribution in [0.1, 0.15) is 23.1 Å². The standard InChI is InChI=1S/C16H12F3NO4/c17-16(18,19)14-9-12(4-5-15(14)20(22)23)8-13(21)3-1-2-11-6-7-24-10-11/h1-2,4-7,9-10H,3,8H2/b2-1+. The summed E-state index contributed by atoms with van der Waals surface area (Å²) in [5, 5.41) is 10.7. The lowest BCUT2D eigenvalue weighted by Crippen LogP contribution is -2.10. The normalized spacial score (nSPS) is 11.8. The summed E-state index contributed by atoms with van der Waals surface area (Å²) in [6.07, 6.45) is 1.11. The van der Waals surface area contributed by atoms with Gasteiger partial charge in [0.2, 0.25) is 0 Å². The van der Waals surface area contributed by atoms with Gasteiger partial charge in [-0.25, -0.2) is 0 Å². The Morgan fingerprint density at radius 2 is 2.04 bits per heavy atom. The molecule has 2 rings (SSSR count). The van der Waals surface area contributed by atoms with Crippen LogP contribution in [0.2, 0.25) is 0 Å². The number of rotatable bonds is 6. The van der Waals surface area contributed by atoms with Crippen LogP contribution in [-0.2, 0) is 17.4 Å². The molecular weight excluding hydrogens is 327 g/mol. The van der Waals surface area contributed by atoms with E-state index in [1.165, 1.54) is 12.5 Å². The van der Waals surface area contributed by atoms with Crippen LogP contribution in [0.3, 0.4) is 0 Å². The first-order chi connectivity index (χ1) is 11.3. The van der Waals surface area contributed by atoms with Gasteiger partial charge < -0.3 is 4.42 Å². The van der Waals surface area contributed by atoms with E-state index in [9.17, 15) is 28.1 Å². The largest absolute Gasteiger partial charge is 0.472 e. The van der Waals surface area contributed by atoms with Crippen molar-refractivity contribution in [1.82, 2.24) is 0 Å². The number of nitrogens with zero attached hydrogens (tertiary/aromatic N) is 1. The second kappa shape index (κ2) is 7.12. The van der Waals surface area contributed by atoms with Gasteiger partial charge in [0.15, 0.2) is 0 Å². The fraction of sp³-hybridized carbons (Fsp3) is 0.188. The number of hydrogen-bond acceptors (Lipinski definition) is 4. The molecule has 0 aliphatic rings. The van der Waals surface area contributed by atoms with E-state index in [1.807, 2.05) is 0 Å². The number of allylic oxidation sites excluding steroid dienone is 1. The van der Waals surface area contributed by atoms with Crippen molar-refractivity contribution in [3.8, 4) is 0 Å². The highest BCUT2D eigenvalue weighted by molar-refractivity contribution is 5.83. The molecule has 0 atom stereocenters. The minimum Gasteiger partial charge on any atom is -0.472 e. The molecule has 0 spiro atoms. The third-order valence-corrected chi connectivity index (χ3v) is 3.16. The second-order valence-electron chi connectivity index (χ2n) is 4.98. The van der Waals surface area contributed by atoms with E-state index < -0.39 is 22.4 Å². The lowest BCUT2D eigenvalue weighted by atomic mass is 10.0. The first-order valence-electron chi connectivity index (χ1n) is 6.82. The number of carbonyl (C=O) groups is 1. The highest BCUT2D eigenvalue weighted by Crippen LogP contribution is 2.36. The van der Waals surface area contributed by atoms with Gasteiger partial charge in [-0.2, -0.15) is 13.2 Å². The van der Waals surface area contributed by atoms with Crippen LogP contribution in [0, 0.1) is 10.1 Å². The maximum absolute atomic E-state index is 12.9. The van der Waals surface area contributed by atoms with Gasteiger partial charge in [0.1, 0.15) is 11.3 Å². The molecule has 5 nitrogen and oxygen atoms in total. The Morgan fingerprint density at radius 1 is 1.29 bits per heavy atom. The van der Waals surface area contributed by atoms with Crippen molar-refractivity contribution in [3.05, 3.63) is 69.7 Å². The monoisotopic (exact) mass is 339 g/mol. The Kier molecular flexibility index (Phi) is 5.18. The molecule has 2 aromatic rings. The first-order valence-corrected chi connectivity index (χ1v) is 6.82. The molecule has 0 aliphatic carbocycles. The number of alkyl halides is 3. The number of carbonyl (C=O) groups excluding carboxylic acids is 1. The van der Waals surface area contributed by atoms with Gasteiger partial charge in [-0.05, 0) is 17.7 Å². The van der Waals surface area contributed by atoms with Crippen LogP contribution in [0.5, 0.6) is 0 Å². The predicted octanol–water partition coefficient (Wildman–Crippen LogP) is 4.42. The average molecular weight is 339 g/mol. The van der Waals surface area contributed by atoms with Crippen LogP contribution in [0.4, 0.5) is 18.9 Å². The molecule has 0 saturated carbocycles. The van der Waals surface area contributed by atoms with Crippen LogP contribution in [-0.4, -0.2) is 10.7 Å². The van der Waals surface area contributed by atoms with Crippen molar-refractivity contribution >= 4 is 17.5 Å². The molecule has 0 fully saturated rings. The van der Waals surface area contributed by atoms with E-state index >= 15 is 0 Å². The second-order valence-corrected chi connectivity index (χ2v) is 4.98. The smallest absolute Gasteiger partial charge is 0.423 e. The molecule has 0 N–H and O–H groups in total. The van der Waals surface area contributed by atoms with E-state index in [-0.39, 0.29) is 24.2 Å². The summed E-state index contributed by atoms with van der Waals surface area (Å²) in [6.45, 7) is 0. The van der Waals surface area contributed by atoms with Crippen molar-refractivity contribution in [1.29, 1.82) is 0 Å². The van der Waals surface area contributed by atoms with E-state index in [0.29, 0.717) is 6.07 Å². The van der Waals surface area contributed by atoms with Crippen LogP contribution in [0.15, 0.2) is 47.3 Å². The number of benzene rings is 1. The zero-order valence-electron chi connectivity index (χ0n) is 12.2. The van der Waals surface area contributed by atoms with Crippen LogP contribution < -0.4 is 0 Å². The molecule has 0 unspecified atom stereocenters. The molecule has 8 heteroatoms. The van der Waals surface area contributed by atoms with Crippen molar-refractivity contribution in [3.63, 3.8) is 0 Å². The van der Waals surface area contributed by atoms with E-state index in [4.69, 9.17) is 4.42 Å². The first kappa shape index (κ1) is 17.5. The van der Waals surface area contributed by atoms with Gasteiger partial charge in [0.05, 0.1) is 17.4 Å². The molecular formula is C16H12F3NO4. The zero-order chi connectivity index (χ0) is 17.7. The van der Waals surface area contributed by atoms with Crippen molar-refractivity contribution in [2.24, 2.45) is 0 Å². The molecule has 0 amide bonds. The number of hydrogen-bond donors (Lipinski definition) is 0. The quantitative estimate of drug-likeness (QED) is 0.577. The van der Waals surface area contributed by atoms with E-state index in [0.717, 1.165) is 17.7 Å². The summed E-state index contributed by atoms with van der Waals surface area (Å²) in [6, 6.07) is 4.26. The topological polar surface area (TPSA) is 73.3 Å². The Bertz CT molecular complexity index is 764. The van der Waals surface area contributed by atoms with Gasteiger partial charge in [0.25, 0.3) is 5.69 Å². The van der Waals surface area contributed by atoms with Gasteiger partial charge >= 0.3 is 6.18 Å². The number of nitro benzene ring substituents is 1. The van der Waals surface area contributed by atoms with Gasteiger partial charge in [-0.3, -0.25) is 14.9 Å². The molecule has 0 saturated heterocycles. The summed E-state index contributed by atoms with van der Waals surface area (Å²) < 4.78 is 43.5. The molecule has 0 bridgehead atoms. The maximum atomic E-state index is 12.9. The maximum Gasteiger partial charge on any atom is 0.423 e. The molecule has 126 valence electrons. The summed E-state index contributed by atoms with van der Waals surface area (Å²) in [5.74, 6) is -0.309. The van der Waals surface area contributed by atoms with E-state index in [1.54, 1.807) is 18.2 Å². The number of furan rings is 1. The molecule has 24 heavy (non-hydrogen) atoms. The van der Waals surface area contributed by atoms with Crippen LogP contribution in [0.25, 0.3) is 6.08 Å². The molecule has 0 aliphatic heterocycles. The Morgan fingerprint density at radius 3 is 2.62 bits per heavy atom. The average Bonchev–Trinajstić information content (AvgIpc) is 2.99. The summed E-state index contributed by atoms with van der Waals surface area (Å²) in [4.78, 5) is 21.4. The highest BCUT2D eigenvalue weighted by atomic mass is 19.4. The molecule has 1 heterocycles. The highest BCUT2D eigenvalue weighted by Gasteiger charge is 2.38. The lowest BCUT2D eigenvalue weighted by molar-refractivity contribution is -0.388. The van der Waals surface area contributed by atoms with Crippen molar-refractivity contribution < 1.29 is 27.3 Å². The fourth-order valence-corrected chi connectivity index (χ4v) is 2.08. The molecule has 0 radical (unpaired) electrons. The van der Waals surface area contributed by atoms with E-state index in [2.05, 4.69) is 0 Å². The van der Waals surface area contributed by atoms with Crippen molar-refractivity contribution in [2.75, 3.05) is 0 Å². The molecule has 1 aromatic carbocycles. The Balaban J connectivity index is 2.09. The summed E-state index contributed by atoms with van der Waals surface area (Å²) >= 11 is 0. The van der Waals surface area contributed by atoms with Crippen molar-refractivity contribution in [2.45, 2.75) is 19.0 Å². The Hall–Kier alpha value is -2.90. The fourth-order valence-electron chi connectivity index (χ4n) is 2.08. The number of Topliss-reactive ketones (excluding diaryl/α,β-unsaturated/α-hetero) is 1. The SMILES string of the molecule is O=C(C/C=C/c1ccoc1)Cc1ccc([N+](=O)[O-])c(C(F)(F)F)c1. The Labute approximate surface area is 134 Å².